The van der Waals surface area contributed by atoms with Gasteiger partial charge in [0.1, 0.15) is 0 Å². The lowest BCUT2D eigenvalue weighted by Crippen LogP contribution is -2.27. The van der Waals surface area contributed by atoms with Gasteiger partial charge >= 0.3 is 23.5 Å². The normalized spacial score (nSPS) is 11.1. The average molecular weight is 826 g/mol. The minimum absolute atomic E-state index is 0.149. The summed E-state index contributed by atoms with van der Waals surface area (Å²) in [5, 5.41) is -1.06. The van der Waals surface area contributed by atoms with Crippen LogP contribution in [0, 0.1) is 5.41 Å². The lowest BCUT2D eigenvalue weighted by Gasteiger charge is -2.21. The molecular weight excluding hydrogens is 791 g/mol. The van der Waals surface area contributed by atoms with Crippen LogP contribution in [0.25, 0.3) is 0 Å². The first kappa shape index (κ1) is 40.0. The van der Waals surface area contributed by atoms with Crippen LogP contribution in [0.3, 0.4) is 0 Å². The number of carbonyl (C=O) groups excluding carboxylic acids is 2. The molecule has 0 aliphatic carbocycles. The van der Waals surface area contributed by atoms with Crippen molar-refractivity contribution in [2.45, 2.75) is 45.3 Å². The van der Waals surface area contributed by atoms with Crippen LogP contribution < -0.4 is 0 Å². The molecule has 0 aromatic heterocycles. The van der Waals surface area contributed by atoms with Crippen LogP contribution >= 0.6 is 54.5 Å². The number of alkyl halides is 1. The van der Waals surface area contributed by atoms with Gasteiger partial charge in [-0.05, 0) is 75.4 Å². The van der Waals surface area contributed by atoms with Gasteiger partial charge in [-0.3, -0.25) is 9.59 Å². The van der Waals surface area contributed by atoms with Gasteiger partial charge in [0.25, 0.3) is 0 Å². The molecule has 0 bridgehead atoms. The van der Waals surface area contributed by atoms with E-state index in [1.807, 2.05) is 26.0 Å². The van der Waals surface area contributed by atoms with Gasteiger partial charge in [-0.2, -0.15) is 8.42 Å². The third-order valence-corrected chi connectivity index (χ3v) is 8.24. The number of aryl methyl sites for hydroxylation is 2. The van der Waals surface area contributed by atoms with Crippen molar-refractivity contribution in [1.82, 2.24) is 0 Å². The third kappa shape index (κ3) is 19.5. The Hall–Kier alpha value is -1.16. The molecular formula is C26H35Br2IO8S2. The topological polar surface area (TPSA) is 121 Å². The fourth-order valence-corrected chi connectivity index (χ4v) is 4.18. The smallest absolute Gasteiger partial charge is 0.335 e. The highest BCUT2D eigenvalue weighted by Crippen LogP contribution is 2.24. The molecule has 0 heterocycles. The van der Waals surface area contributed by atoms with Crippen molar-refractivity contribution in [3.05, 3.63) is 68.6 Å². The van der Waals surface area contributed by atoms with Crippen LogP contribution in [0.15, 0.2) is 57.5 Å². The van der Waals surface area contributed by atoms with E-state index in [1.54, 1.807) is 0 Å². The second-order valence-corrected chi connectivity index (χ2v) is 14.0. The predicted octanol–water partition coefficient (Wildman–Crippen LogP) is 5.93. The molecule has 8 nitrogen and oxygen atoms in total. The molecule has 13 heteroatoms. The molecule has 0 spiro atoms. The van der Waals surface area contributed by atoms with Gasteiger partial charge in [-0.1, -0.05) is 78.7 Å². The molecule has 0 radical (unpaired) electrons. The molecule has 0 amide bonds. The molecule has 1 atom stereocenters. The average Bonchev–Trinajstić information content (AvgIpc) is 2.89. The molecule has 2 aromatic rings. The Labute approximate surface area is 265 Å². The van der Waals surface area contributed by atoms with Crippen molar-refractivity contribution >= 4 is 87.8 Å². The van der Waals surface area contributed by atoms with E-state index in [-0.39, 0.29) is 5.97 Å². The number of sulfone groups is 1. The maximum absolute atomic E-state index is 11.5. The summed E-state index contributed by atoms with van der Waals surface area (Å²) in [6.45, 7) is 5.12. The highest BCUT2D eigenvalue weighted by molar-refractivity contribution is 14.1. The van der Waals surface area contributed by atoms with Crippen LogP contribution in [-0.4, -0.2) is 58.9 Å². The first-order valence-electron chi connectivity index (χ1n) is 11.4. The van der Waals surface area contributed by atoms with E-state index < -0.39 is 38.0 Å². The Bertz CT molecular complexity index is 1130. The zero-order valence-electron chi connectivity index (χ0n) is 22.7. The molecule has 0 aliphatic rings. The quantitative estimate of drug-likeness (QED) is 0.183. The molecule has 220 valence electrons. The zero-order chi connectivity index (χ0) is 30.6. The molecule has 0 saturated carbocycles. The summed E-state index contributed by atoms with van der Waals surface area (Å²) in [7, 11) is -0.698. The summed E-state index contributed by atoms with van der Waals surface area (Å²) in [6.07, 6.45) is 3.85. The molecule has 0 fully saturated rings. The Balaban J connectivity index is 0. The maximum atomic E-state index is 11.5. The Kier molecular flexibility index (Phi) is 22.1. The summed E-state index contributed by atoms with van der Waals surface area (Å²) in [4.78, 5) is 22.0. The largest absolute Gasteiger partial charge is 0.469 e. The van der Waals surface area contributed by atoms with Crippen molar-refractivity contribution in [3.63, 3.8) is 0 Å². The van der Waals surface area contributed by atoms with Gasteiger partial charge in [0.15, 0.2) is 15.1 Å². The van der Waals surface area contributed by atoms with Crippen LogP contribution in [-0.2, 0) is 53.3 Å². The Morgan fingerprint density at radius 3 is 1.56 bits per heavy atom. The van der Waals surface area contributed by atoms with Crippen molar-refractivity contribution in [2.75, 3.05) is 24.9 Å². The number of esters is 2. The standard InChI is InChI=1S/C13H17BrO2.C8H8BrI.C5H10O4S.O2S/c1-13(2,12(15)16-3)9-8-10-4-6-11(14)7-5-10;9-8-3-1-7(2-4-8)5-6-10;1-4(5(6)9-2)10(3,7)8;1-3-2/h4-7H,8-9H2,1-3H3;1-4H,5-6H2;4H,1-3H3;. The number of hydrogen-bond donors (Lipinski definition) is 0. The van der Waals surface area contributed by atoms with E-state index in [0.29, 0.717) is 0 Å². The first-order valence-corrected chi connectivity index (χ1v) is 17.1. The predicted molar refractivity (Wildman–Crippen MR) is 170 cm³/mol. The van der Waals surface area contributed by atoms with Crippen molar-refractivity contribution in [1.29, 1.82) is 0 Å². The van der Waals surface area contributed by atoms with Crippen LogP contribution in [0.4, 0.5) is 0 Å². The lowest BCUT2D eigenvalue weighted by molar-refractivity contribution is -0.151. The zero-order valence-corrected chi connectivity index (χ0v) is 29.7. The number of ether oxygens (including phenoxy) is 2. The number of benzene rings is 2. The summed E-state index contributed by atoms with van der Waals surface area (Å²) in [5.74, 6) is -0.868. The van der Waals surface area contributed by atoms with Crippen LogP contribution in [0.1, 0.15) is 38.3 Å². The summed E-state index contributed by atoms with van der Waals surface area (Å²) >= 11 is 8.43. The van der Waals surface area contributed by atoms with E-state index in [1.165, 1.54) is 36.0 Å². The summed E-state index contributed by atoms with van der Waals surface area (Å²) < 4.78 is 50.3. The second-order valence-electron chi connectivity index (χ2n) is 8.63. The van der Waals surface area contributed by atoms with Gasteiger partial charge in [-0.15, -0.1) is 0 Å². The molecule has 0 saturated heterocycles. The molecule has 39 heavy (non-hydrogen) atoms. The molecule has 1 unspecified atom stereocenters. The Morgan fingerprint density at radius 2 is 1.28 bits per heavy atom. The van der Waals surface area contributed by atoms with E-state index in [0.717, 1.165) is 35.2 Å². The van der Waals surface area contributed by atoms with Crippen LogP contribution in [0.5, 0.6) is 0 Å². The second kappa shape index (κ2) is 21.6. The molecule has 2 rings (SSSR count). The van der Waals surface area contributed by atoms with Gasteiger partial charge in [-0.25, -0.2) is 8.42 Å². The van der Waals surface area contributed by atoms with Crippen LogP contribution in [0.2, 0.25) is 0 Å². The van der Waals surface area contributed by atoms with Crippen molar-refractivity contribution < 1.29 is 35.9 Å². The fourth-order valence-electron chi connectivity index (χ4n) is 2.59. The van der Waals surface area contributed by atoms with Gasteiger partial charge in [0.2, 0.25) is 0 Å². The number of carbonyl (C=O) groups is 2. The Morgan fingerprint density at radius 1 is 0.897 bits per heavy atom. The van der Waals surface area contributed by atoms with Gasteiger partial charge in [0.05, 0.1) is 19.6 Å². The number of halogens is 3. The highest BCUT2D eigenvalue weighted by Gasteiger charge is 2.28. The summed E-state index contributed by atoms with van der Waals surface area (Å²) in [5.41, 5.74) is 2.24. The minimum atomic E-state index is -3.29. The molecule has 2 aromatic carbocycles. The number of rotatable bonds is 8. The SMILES string of the molecule is Brc1ccc(CCI)cc1.COC(=O)C(C)(C)CCc1ccc(Br)cc1.COC(=O)C(C)S(C)(=O)=O.O=S=O. The number of methoxy groups -OCH3 is 2. The van der Waals surface area contributed by atoms with E-state index in [4.69, 9.17) is 13.2 Å². The minimum Gasteiger partial charge on any atom is -0.469 e. The van der Waals surface area contributed by atoms with Crippen molar-refractivity contribution in [2.24, 2.45) is 5.41 Å². The van der Waals surface area contributed by atoms with E-state index >= 15 is 0 Å². The maximum Gasteiger partial charge on any atom is 0.335 e. The highest BCUT2D eigenvalue weighted by atomic mass is 127. The van der Waals surface area contributed by atoms with E-state index in [9.17, 15) is 18.0 Å². The lowest BCUT2D eigenvalue weighted by atomic mass is 9.86. The van der Waals surface area contributed by atoms with E-state index in [2.05, 4.69) is 95.6 Å². The van der Waals surface area contributed by atoms with Gasteiger partial charge in [0, 0.05) is 19.6 Å². The molecule has 0 N–H and O–H groups in total. The third-order valence-electron chi connectivity index (χ3n) is 5.16. The van der Waals surface area contributed by atoms with Gasteiger partial charge < -0.3 is 9.47 Å². The number of hydrogen-bond acceptors (Lipinski definition) is 8. The first-order chi connectivity index (χ1) is 18.1. The molecule has 0 aliphatic heterocycles. The van der Waals surface area contributed by atoms with Crippen molar-refractivity contribution in [3.8, 4) is 0 Å². The monoisotopic (exact) mass is 824 g/mol. The fraction of sp³-hybridized carbons (Fsp3) is 0.462. The summed E-state index contributed by atoms with van der Waals surface area (Å²) in [6, 6.07) is 16.6.